The third-order valence-electron chi connectivity index (χ3n) is 5.54. The van der Waals surface area contributed by atoms with Crippen molar-refractivity contribution in [1.29, 1.82) is 0 Å². The molecule has 2 aromatic rings. The highest BCUT2D eigenvalue weighted by atomic mass is 127. The molecule has 8 nitrogen and oxygen atoms in total. The normalized spacial score (nSPS) is 15.1. The van der Waals surface area contributed by atoms with Crippen LogP contribution in [0.5, 0.6) is 0 Å². The maximum absolute atomic E-state index is 11.4. The number of aromatic nitrogens is 2. The van der Waals surface area contributed by atoms with Crippen LogP contribution in [0, 0.1) is 6.92 Å². The molecule has 3 rings (SSSR count). The Kier molecular flexibility index (Phi) is 10.5. The molecule has 172 valence electrons. The number of fused-ring (bicyclic) bond motifs is 1. The number of hydrogen-bond donors (Lipinski definition) is 2. The number of nitrogens with zero attached hydrogens (tertiary/aromatic N) is 5. The topological polar surface area (TPSA) is 77.8 Å². The first kappa shape index (κ1) is 25.4. The molecule has 0 unspecified atom stereocenters. The van der Waals surface area contributed by atoms with Crippen molar-refractivity contribution >= 4 is 46.9 Å². The summed E-state index contributed by atoms with van der Waals surface area (Å²) in [6.07, 6.45) is 0.963. The van der Waals surface area contributed by atoms with Gasteiger partial charge in [-0.1, -0.05) is 12.1 Å². The number of hydrogen-bond acceptors (Lipinski definition) is 4. The van der Waals surface area contributed by atoms with Crippen molar-refractivity contribution in [3.63, 3.8) is 0 Å². The van der Waals surface area contributed by atoms with E-state index in [2.05, 4.69) is 57.1 Å². The average Bonchev–Trinajstić information content (AvgIpc) is 3.06. The van der Waals surface area contributed by atoms with Crippen molar-refractivity contribution in [3.8, 4) is 0 Å². The molecular weight excluding hydrogens is 505 g/mol. The van der Waals surface area contributed by atoms with Crippen LogP contribution in [0.15, 0.2) is 29.3 Å². The van der Waals surface area contributed by atoms with E-state index in [0.717, 1.165) is 82.6 Å². The van der Waals surface area contributed by atoms with Gasteiger partial charge >= 0.3 is 0 Å². The summed E-state index contributed by atoms with van der Waals surface area (Å²) in [6, 6.07) is 8.27. The average molecular weight is 541 g/mol. The van der Waals surface area contributed by atoms with Crippen LogP contribution in [0.1, 0.15) is 26.1 Å². The van der Waals surface area contributed by atoms with Crippen molar-refractivity contribution in [2.45, 2.75) is 33.7 Å². The first-order valence-corrected chi connectivity index (χ1v) is 11.0. The minimum atomic E-state index is 0. The molecule has 2 N–H and O–H groups in total. The number of piperazine rings is 1. The van der Waals surface area contributed by atoms with Gasteiger partial charge in [-0.25, -0.2) is 4.98 Å². The zero-order valence-electron chi connectivity index (χ0n) is 18.9. The van der Waals surface area contributed by atoms with Crippen molar-refractivity contribution < 1.29 is 4.79 Å². The van der Waals surface area contributed by atoms with E-state index in [0.29, 0.717) is 0 Å². The number of aliphatic imine (C=N–C) groups is 1. The number of imidazole rings is 1. The molecule has 2 heterocycles. The van der Waals surface area contributed by atoms with E-state index in [9.17, 15) is 4.79 Å². The Bertz CT molecular complexity index is 859. The molecule has 0 bridgehead atoms. The largest absolute Gasteiger partial charge is 0.357 e. The molecule has 0 spiro atoms. The fourth-order valence-corrected chi connectivity index (χ4v) is 3.86. The van der Waals surface area contributed by atoms with Crippen LogP contribution < -0.4 is 10.6 Å². The van der Waals surface area contributed by atoms with Crippen LogP contribution in [0.4, 0.5) is 0 Å². The molecule has 1 aromatic carbocycles. The molecular formula is C22H36IN7O. The number of carbonyl (C=O) groups is 1. The van der Waals surface area contributed by atoms with E-state index >= 15 is 0 Å². The van der Waals surface area contributed by atoms with Crippen LogP contribution in [-0.2, 0) is 11.3 Å². The maximum Gasteiger partial charge on any atom is 0.219 e. The molecule has 0 atom stereocenters. The molecule has 1 fully saturated rings. The lowest BCUT2D eigenvalue weighted by Gasteiger charge is -2.34. The highest BCUT2D eigenvalue weighted by Gasteiger charge is 2.17. The fourth-order valence-electron chi connectivity index (χ4n) is 3.86. The molecule has 1 amide bonds. The van der Waals surface area contributed by atoms with Gasteiger partial charge in [0.05, 0.1) is 11.0 Å². The Morgan fingerprint density at radius 2 is 1.87 bits per heavy atom. The van der Waals surface area contributed by atoms with Gasteiger partial charge in [0, 0.05) is 65.8 Å². The number of aryl methyl sites for hydroxylation is 2. The summed E-state index contributed by atoms with van der Waals surface area (Å²) in [6.45, 7) is 13.6. The second-order valence-corrected chi connectivity index (χ2v) is 7.69. The zero-order valence-corrected chi connectivity index (χ0v) is 21.3. The second-order valence-electron chi connectivity index (χ2n) is 7.69. The lowest BCUT2D eigenvalue weighted by atomic mass is 10.3. The smallest absolute Gasteiger partial charge is 0.219 e. The Morgan fingerprint density at radius 1 is 1.13 bits per heavy atom. The van der Waals surface area contributed by atoms with Gasteiger partial charge in [0.1, 0.15) is 5.82 Å². The van der Waals surface area contributed by atoms with E-state index in [1.807, 2.05) is 11.0 Å². The van der Waals surface area contributed by atoms with E-state index in [-0.39, 0.29) is 29.9 Å². The fraction of sp³-hybridized carbons (Fsp3) is 0.591. The van der Waals surface area contributed by atoms with Crippen LogP contribution in [0.25, 0.3) is 11.0 Å². The Morgan fingerprint density at radius 3 is 2.58 bits per heavy atom. The summed E-state index contributed by atoms with van der Waals surface area (Å²) in [5.41, 5.74) is 2.24. The number of nitrogens with one attached hydrogen (secondary N) is 2. The lowest BCUT2D eigenvalue weighted by molar-refractivity contribution is -0.130. The molecule has 1 aliphatic heterocycles. The number of para-hydroxylation sites is 2. The number of halogens is 1. The number of benzene rings is 1. The van der Waals surface area contributed by atoms with Crippen LogP contribution in [-0.4, -0.2) is 83.6 Å². The van der Waals surface area contributed by atoms with Crippen molar-refractivity contribution in [2.24, 2.45) is 4.99 Å². The van der Waals surface area contributed by atoms with Gasteiger partial charge in [0.15, 0.2) is 5.96 Å². The van der Waals surface area contributed by atoms with Gasteiger partial charge in [-0.15, -0.1) is 24.0 Å². The van der Waals surface area contributed by atoms with Crippen LogP contribution >= 0.6 is 24.0 Å². The Hall–Kier alpha value is -1.88. The minimum Gasteiger partial charge on any atom is -0.357 e. The highest BCUT2D eigenvalue weighted by Crippen LogP contribution is 2.15. The molecule has 31 heavy (non-hydrogen) atoms. The summed E-state index contributed by atoms with van der Waals surface area (Å²) in [4.78, 5) is 25.1. The quantitative estimate of drug-likeness (QED) is 0.232. The molecule has 0 aliphatic carbocycles. The van der Waals surface area contributed by atoms with Gasteiger partial charge in [-0.05, 0) is 32.4 Å². The third kappa shape index (κ3) is 7.34. The van der Waals surface area contributed by atoms with Gasteiger partial charge < -0.3 is 20.1 Å². The van der Waals surface area contributed by atoms with Crippen LogP contribution in [0.3, 0.4) is 0 Å². The minimum absolute atomic E-state index is 0. The highest BCUT2D eigenvalue weighted by molar-refractivity contribution is 14.0. The molecule has 1 aliphatic rings. The predicted octanol–water partition coefficient (Wildman–Crippen LogP) is 2.07. The SMILES string of the molecule is CCNC(=NCCCn1c(C)nc2ccccc21)NCCN1CCN(C(C)=O)CC1.I. The Labute approximate surface area is 202 Å². The number of amides is 1. The third-order valence-corrected chi connectivity index (χ3v) is 5.54. The number of carbonyl (C=O) groups excluding carboxylic acids is 1. The monoisotopic (exact) mass is 541 g/mol. The van der Waals surface area contributed by atoms with Crippen molar-refractivity contribution in [2.75, 3.05) is 52.4 Å². The van der Waals surface area contributed by atoms with E-state index in [1.165, 1.54) is 5.52 Å². The Balaban J connectivity index is 0.00000341. The predicted molar refractivity (Wildman–Crippen MR) is 137 cm³/mol. The van der Waals surface area contributed by atoms with E-state index in [1.54, 1.807) is 6.92 Å². The molecule has 0 saturated carbocycles. The summed E-state index contributed by atoms with van der Waals surface area (Å²) < 4.78 is 2.27. The standard InChI is InChI=1S/C22H35N7O.HI/c1-4-23-22(25-11-13-27-14-16-28(17-15-27)19(3)30)24-10-7-12-29-18(2)26-20-8-5-6-9-21(20)29;/h5-6,8-9H,4,7,10-17H2,1-3H3,(H2,23,24,25);1H. The van der Waals surface area contributed by atoms with Gasteiger partial charge in [0.25, 0.3) is 0 Å². The summed E-state index contributed by atoms with van der Waals surface area (Å²) in [7, 11) is 0. The van der Waals surface area contributed by atoms with E-state index in [4.69, 9.17) is 4.99 Å². The van der Waals surface area contributed by atoms with Crippen molar-refractivity contribution in [3.05, 3.63) is 30.1 Å². The van der Waals surface area contributed by atoms with Gasteiger partial charge in [0.2, 0.25) is 5.91 Å². The molecule has 9 heteroatoms. The number of rotatable bonds is 8. The first-order chi connectivity index (χ1) is 14.6. The van der Waals surface area contributed by atoms with Crippen LogP contribution in [0.2, 0.25) is 0 Å². The van der Waals surface area contributed by atoms with Crippen molar-refractivity contribution in [1.82, 2.24) is 30.0 Å². The lowest BCUT2D eigenvalue weighted by Crippen LogP contribution is -2.50. The van der Waals surface area contributed by atoms with E-state index < -0.39 is 0 Å². The first-order valence-electron chi connectivity index (χ1n) is 11.0. The molecule has 0 radical (unpaired) electrons. The summed E-state index contributed by atoms with van der Waals surface area (Å²) in [5.74, 6) is 2.09. The zero-order chi connectivity index (χ0) is 21.3. The summed E-state index contributed by atoms with van der Waals surface area (Å²) >= 11 is 0. The summed E-state index contributed by atoms with van der Waals surface area (Å²) in [5, 5.41) is 6.76. The second kappa shape index (κ2) is 12.8. The van der Waals surface area contributed by atoms with Gasteiger partial charge in [-0.3, -0.25) is 14.7 Å². The maximum atomic E-state index is 11.4. The number of guanidine groups is 1. The molecule has 1 saturated heterocycles. The van der Waals surface area contributed by atoms with Gasteiger partial charge in [-0.2, -0.15) is 0 Å². The molecule has 1 aromatic heterocycles.